The van der Waals surface area contributed by atoms with Crippen molar-refractivity contribution in [3.63, 3.8) is 0 Å². The van der Waals surface area contributed by atoms with Crippen LogP contribution in [-0.4, -0.2) is 49.6 Å². The van der Waals surface area contributed by atoms with Crippen LogP contribution in [0.1, 0.15) is 32.9 Å². The van der Waals surface area contributed by atoms with Crippen molar-refractivity contribution in [3.8, 4) is 0 Å². The van der Waals surface area contributed by atoms with E-state index in [4.69, 9.17) is 4.74 Å². The van der Waals surface area contributed by atoms with Crippen LogP contribution >= 0.6 is 0 Å². The average molecular weight is 351 g/mol. The second kappa shape index (κ2) is 6.09. The van der Waals surface area contributed by atoms with Crippen molar-refractivity contribution in [2.75, 3.05) is 13.1 Å². The first-order chi connectivity index (χ1) is 12.4. The van der Waals surface area contributed by atoms with E-state index in [1.807, 2.05) is 33.0 Å². The van der Waals surface area contributed by atoms with Gasteiger partial charge in [0.05, 0.1) is 24.0 Å². The predicted octanol–water partition coefficient (Wildman–Crippen LogP) is 3.53. The van der Waals surface area contributed by atoms with Gasteiger partial charge in [-0.05, 0) is 38.8 Å². The number of hydrogen-bond donors (Lipinski definition) is 1. The van der Waals surface area contributed by atoms with Gasteiger partial charge in [-0.2, -0.15) is 0 Å². The standard InChI is InChI=1S/C19H21N5O2/c1-19(2,3)26-18(25)24-8-4-5-12(10-24)16-15-13-6-7-20-17(13)21-9-14(15)22-11-23-16/h5-7,9,11H,4,8,10H2,1-3H3,(H,20,21). The fourth-order valence-electron chi connectivity index (χ4n) is 3.20. The number of carbonyl (C=O) groups excluding carboxylic acids is 1. The maximum Gasteiger partial charge on any atom is 0.410 e. The highest BCUT2D eigenvalue weighted by molar-refractivity contribution is 6.08. The van der Waals surface area contributed by atoms with Gasteiger partial charge in [0.2, 0.25) is 0 Å². The number of fused-ring (bicyclic) bond motifs is 3. The summed E-state index contributed by atoms with van der Waals surface area (Å²) in [5, 5.41) is 1.93. The molecular weight excluding hydrogens is 330 g/mol. The molecule has 26 heavy (non-hydrogen) atoms. The first kappa shape index (κ1) is 16.5. The Hall–Kier alpha value is -2.96. The topological polar surface area (TPSA) is 84.0 Å². The van der Waals surface area contributed by atoms with E-state index in [9.17, 15) is 4.79 Å². The van der Waals surface area contributed by atoms with E-state index in [-0.39, 0.29) is 6.09 Å². The van der Waals surface area contributed by atoms with Crippen molar-refractivity contribution in [2.24, 2.45) is 0 Å². The van der Waals surface area contributed by atoms with Crippen molar-refractivity contribution in [2.45, 2.75) is 32.8 Å². The zero-order valence-electron chi connectivity index (χ0n) is 15.1. The zero-order chi connectivity index (χ0) is 18.3. The van der Waals surface area contributed by atoms with Crippen LogP contribution in [0.3, 0.4) is 0 Å². The molecule has 4 rings (SSSR count). The average Bonchev–Trinajstić information content (AvgIpc) is 3.09. The fraction of sp³-hybridized carbons (Fsp3) is 0.368. The van der Waals surface area contributed by atoms with Crippen LogP contribution in [0, 0.1) is 0 Å². The molecular formula is C19H21N5O2. The van der Waals surface area contributed by atoms with Gasteiger partial charge in [0, 0.05) is 23.5 Å². The monoisotopic (exact) mass is 351 g/mol. The van der Waals surface area contributed by atoms with E-state index < -0.39 is 5.60 Å². The fourth-order valence-corrected chi connectivity index (χ4v) is 3.20. The first-order valence-corrected chi connectivity index (χ1v) is 8.66. The van der Waals surface area contributed by atoms with Gasteiger partial charge in [-0.15, -0.1) is 0 Å². The molecule has 1 N–H and O–H groups in total. The van der Waals surface area contributed by atoms with Crippen LogP contribution in [0.15, 0.2) is 30.9 Å². The molecule has 4 heterocycles. The van der Waals surface area contributed by atoms with Crippen molar-refractivity contribution in [3.05, 3.63) is 36.6 Å². The lowest BCUT2D eigenvalue weighted by atomic mass is 10.0. The number of nitrogens with zero attached hydrogens (tertiary/aromatic N) is 4. The molecule has 3 aromatic heterocycles. The van der Waals surface area contributed by atoms with Gasteiger partial charge in [-0.25, -0.2) is 19.7 Å². The SMILES string of the molecule is CC(C)(C)OC(=O)N1CCC=C(c2ncnc3cnc4[nH]ccc4c23)C1. The summed E-state index contributed by atoms with van der Waals surface area (Å²) in [6.45, 7) is 6.73. The minimum Gasteiger partial charge on any atom is -0.444 e. The summed E-state index contributed by atoms with van der Waals surface area (Å²) >= 11 is 0. The van der Waals surface area contributed by atoms with E-state index in [1.54, 1.807) is 17.4 Å². The third-order valence-corrected chi connectivity index (χ3v) is 4.29. The molecule has 0 radical (unpaired) electrons. The number of pyridine rings is 1. The van der Waals surface area contributed by atoms with E-state index in [2.05, 4.69) is 26.0 Å². The third-order valence-electron chi connectivity index (χ3n) is 4.29. The molecule has 0 aliphatic carbocycles. The normalized spacial score (nSPS) is 15.3. The highest BCUT2D eigenvalue weighted by atomic mass is 16.6. The molecule has 1 aliphatic rings. The Balaban J connectivity index is 1.73. The molecule has 0 spiro atoms. The lowest BCUT2D eigenvalue weighted by Gasteiger charge is -2.30. The van der Waals surface area contributed by atoms with Crippen molar-refractivity contribution in [1.82, 2.24) is 24.8 Å². The molecule has 0 fully saturated rings. The third kappa shape index (κ3) is 3.00. The summed E-state index contributed by atoms with van der Waals surface area (Å²) in [6.07, 6.45) is 7.76. The number of hydrogen-bond acceptors (Lipinski definition) is 5. The first-order valence-electron chi connectivity index (χ1n) is 8.66. The summed E-state index contributed by atoms with van der Waals surface area (Å²) < 4.78 is 5.52. The highest BCUT2D eigenvalue weighted by Crippen LogP contribution is 2.30. The second-order valence-electron chi connectivity index (χ2n) is 7.40. The van der Waals surface area contributed by atoms with Gasteiger partial charge in [0.15, 0.2) is 0 Å². The highest BCUT2D eigenvalue weighted by Gasteiger charge is 2.26. The molecule has 0 atom stereocenters. The number of amides is 1. The number of H-pyrrole nitrogens is 1. The molecule has 0 aromatic carbocycles. The van der Waals surface area contributed by atoms with Crippen LogP contribution in [0.4, 0.5) is 4.79 Å². The molecule has 0 saturated heterocycles. The minimum atomic E-state index is -0.511. The summed E-state index contributed by atoms with van der Waals surface area (Å²) in [4.78, 5) is 30.6. The molecule has 3 aromatic rings. The Morgan fingerprint density at radius 3 is 2.92 bits per heavy atom. The van der Waals surface area contributed by atoms with Crippen LogP contribution in [0.5, 0.6) is 0 Å². The van der Waals surface area contributed by atoms with Crippen LogP contribution in [0.2, 0.25) is 0 Å². The van der Waals surface area contributed by atoms with Gasteiger partial charge in [-0.1, -0.05) is 6.08 Å². The number of carbonyl (C=O) groups is 1. The second-order valence-corrected chi connectivity index (χ2v) is 7.40. The summed E-state index contributed by atoms with van der Waals surface area (Å²) in [5.41, 5.74) is 2.92. The summed E-state index contributed by atoms with van der Waals surface area (Å²) in [7, 11) is 0. The molecule has 0 unspecified atom stereocenters. The molecule has 1 amide bonds. The van der Waals surface area contributed by atoms with Gasteiger partial charge < -0.3 is 14.6 Å². The Morgan fingerprint density at radius 2 is 2.12 bits per heavy atom. The van der Waals surface area contributed by atoms with E-state index in [0.717, 1.165) is 39.6 Å². The van der Waals surface area contributed by atoms with Crippen molar-refractivity contribution < 1.29 is 9.53 Å². The Labute approximate surface area is 151 Å². The number of rotatable bonds is 1. The lowest BCUT2D eigenvalue weighted by molar-refractivity contribution is 0.0273. The predicted molar refractivity (Wildman–Crippen MR) is 99.6 cm³/mol. The number of ether oxygens (including phenoxy) is 1. The van der Waals surface area contributed by atoms with E-state index in [0.29, 0.717) is 13.1 Å². The van der Waals surface area contributed by atoms with Gasteiger partial charge >= 0.3 is 6.09 Å². The van der Waals surface area contributed by atoms with Crippen LogP contribution in [0.25, 0.3) is 27.5 Å². The maximum absolute atomic E-state index is 12.5. The Kier molecular flexibility index (Phi) is 3.86. The number of aromatic nitrogens is 4. The number of nitrogens with one attached hydrogen (secondary N) is 1. The Bertz CT molecular complexity index is 1020. The summed E-state index contributed by atoms with van der Waals surface area (Å²) in [5.74, 6) is 0. The molecule has 0 bridgehead atoms. The number of aromatic amines is 1. The largest absolute Gasteiger partial charge is 0.444 e. The van der Waals surface area contributed by atoms with Crippen LogP contribution < -0.4 is 0 Å². The molecule has 1 aliphatic heterocycles. The minimum absolute atomic E-state index is 0.296. The van der Waals surface area contributed by atoms with Crippen molar-refractivity contribution in [1.29, 1.82) is 0 Å². The summed E-state index contributed by atoms with van der Waals surface area (Å²) in [6, 6.07) is 1.98. The molecule has 7 heteroatoms. The molecule has 0 saturated carbocycles. The smallest absolute Gasteiger partial charge is 0.410 e. The Morgan fingerprint density at radius 1 is 1.27 bits per heavy atom. The lowest BCUT2D eigenvalue weighted by Crippen LogP contribution is -2.39. The zero-order valence-corrected chi connectivity index (χ0v) is 15.1. The quantitative estimate of drug-likeness (QED) is 0.725. The van der Waals surface area contributed by atoms with Gasteiger partial charge in [0.1, 0.15) is 17.6 Å². The van der Waals surface area contributed by atoms with Crippen molar-refractivity contribution >= 4 is 33.6 Å². The van der Waals surface area contributed by atoms with Gasteiger partial charge in [0.25, 0.3) is 0 Å². The molecule has 7 nitrogen and oxygen atoms in total. The van der Waals surface area contributed by atoms with Gasteiger partial charge in [-0.3, -0.25) is 0 Å². The maximum atomic E-state index is 12.5. The van der Waals surface area contributed by atoms with E-state index in [1.165, 1.54) is 0 Å². The van der Waals surface area contributed by atoms with E-state index >= 15 is 0 Å². The van der Waals surface area contributed by atoms with Crippen LogP contribution in [-0.2, 0) is 4.74 Å². The molecule has 134 valence electrons.